The van der Waals surface area contributed by atoms with Gasteiger partial charge in [0.05, 0.1) is 0 Å². The third-order valence-electron chi connectivity index (χ3n) is 4.61. The summed E-state index contributed by atoms with van der Waals surface area (Å²) in [5.41, 5.74) is -0.561. The zero-order valence-electron chi connectivity index (χ0n) is 9.56. The molecule has 2 aliphatic carbocycles. The minimum Gasteiger partial charge on any atom is -0.201 e. The predicted molar refractivity (Wildman–Crippen MR) is 67.0 cm³/mol. The summed E-state index contributed by atoms with van der Waals surface area (Å²) in [6.45, 7) is 0. The molecule has 0 spiro atoms. The maximum atomic E-state index is 14.7. The van der Waals surface area contributed by atoms with E-state index in [9.17, 15) is 8.78 Å². The van der Waals surface area contributed by atoms with Gasteiger partial charge in [0.2, 0.25) is 0 Å². The first kappa shape index (κ1) is 11.6. The van der Waals surface area contributed by atoms with E-state index in [2.05, 4.69) is 15.9 Å². The average molecular weight is 301 g/mol. The summed E-state index contributed by atoms with van der Waals surface area (Å²) < 4.78 is 30.2. The molecule has 0 aliphatic heterocycles. The molecule has 0 atom stereocenters. The molecule has 0 unspecified atom stereocenters. The Morgan fingerprint density at radius 2 is 1.71 bits per heavy atom. The van der Waals surface area contributed by atoms with Gasteiger partial charge in [-0.25, -0.2) is 8.78 Å². The first-order chi connectivity index (χ1) is 8.03. The largest absolute Gasteiger partial charge is 0.278 e. The van der Waals surface area contributed by atoms with E-state index in [0.717, 1.165) is 23.7 Å². The van der Waals surface area contributed by atoms with Crippen molar-refractivity contribution in [3.05, 3.63) is 34.3 Å². The zero-order chi connectivity index (χ0) is 12.1. The predicted octanol–water partition coefficient (Wildman–Crippen LogP) is 5.12. The van der Waals surface area contributed by atoms with Gasteiger partial charge in [0.25, 0.3) is 5.92 Å². The van der Waals surface area contributed by atoms with Crippen molar-refractivity contribution >= 4 is 15.9 Å². The van der Waals surface area contributed by atoms with Crippen molar-refractivity contribution in [1.29, 1.82) is 0 Å². The number of hydrogen-bond acceptors (Lipinski definition) is 0. The van der Waals surface area contributed by atoms with Gasteiger partial charge in [-0.05, 0) is 50.2 Å². The second kappa shape index (κ2) is 3.78. The summed E-state index contributed by atoms with van der Waals surface area (Å²) in [6.07, 6.45) is 4.09. The summed E-state index contributed by atoms with van der Waals surface area (Å²) in [4.78, 5) is 0. The van der Waals surface area contributed by atoms with E-state index in [1.807, 2.05) is 0 Å². The van der Waals surface area contributed by atoms with Gasteiger partial charge in [-0.1, -0.05) is 28.1 Å². The SMILES string of the molecule is FC(F)(c1ccc(Br)cc1)C12CCC(CC1)C2. The van der Waals surface area contributed by atoms with Gasteiger partial charge in [-0.2, -0.15) is 0 Å². The number of rotatable bonds is 2. The van der Waals surface area contributed by atoms with E-state index >= 15 is 0 Å². The maximum Gasteiger partial charge on any atom is 0.278 e. The van der Waals surface area contributed by atoms with Crippen LogP contribution in [0.3, 0.4) is 0 Å². The third kappa shape index (κ3) is 1.66. The minimum atomic E-state index is -2.67. The van der Waals surface area contributed by atoms with Crippen LogP contribution in [0, 0.1) is 11.3 Å². The van der Waals surface area contributed by atoms with Gasteiger partial charge in [0, 0.05) is 15.5 Å². The summed E-state index contributed by atoms with van der Waals surface area (Å²) in [7, 11) is 0. The van der Waals surface area contributed by atoms with Gasteiger partial charge in [0.15, 0.2) is 0 Å². The number of hydrogen-bond donors (Lipinski definition) is 0. The lowest BCUT2D eigenvalue weighted by Gasteiger charge is -2.36. The molecule has 2 saturated carbocycles. The molecule has 1 aromatic rings. The second-order valence-electron chi connectivity index (χ2n) is 5.51. The molecular formula is C14H15BrF2. The summed E-state index contributed by atoms with van der Waals surface area (Å²) in [6, 6.07) is 6.54. The highest BCUT2D eigenvalue weighted by molar-refractivity contribution is 9.10. The minimum absolute atomic E-state index is 0.184. The van der Waals surface area contributed by atoms with Crippen LogP contribution in [0.1, 0.15) is 37.7 Å². The van der Waals surface area contributed by atoms with Gasteiger partial charge in [0.1, 0.15) is 0 Å². The van der Waals surface area contributed by atoms with E-state index in [-0.39, 0.29) is 5.56 Å². The van der Waals surface area contributed by atoms with Gasteiger partial charge < -0.3 is 0 Å². The van der Waals surface area contributed by atoms with Crippen molar-refractivity contribution < 1.29 is 8.78 Å². The number of alkyl halides is 2. The van der Waals surface area contributed by atoms with Crippen LogP contribution in [-0.4, -0.2) is 0 Å². The molecule has 0 heterocycles. The Hall–Kier alpha value is -0.440. The first-order valence-corrected chi connectivity index (χ1v) is 6.97. The monoisotopic (exact) mass is 300 g/mol. The quantitative estimate of drug-likeness (QED) is 0.711. The Morgan fingerprint density at radius 1 is 1.12 bits per heavy atom. The van der Waals surface area contributed by atoms with Gasteiger partial charge in [-0.3, -0.25) is 0 Å². The second-order valence-corrected chi connectivity index (χ2v) is 6.42. The average Bonchev–Trinajstić information content (AvgIpc) is 2.91. The molecular weight excluding hydrogens is 286 g/mol. The van der Waals surface area contributed by atoms with Gasteiger partial charge in [-0.15, -0.1) is 0 Å². The van der Waals surface area contributed by atoms with Crippen molar-refractivity contribution in [2.24, 2.45) is 11.3 Å². The molecule has 0 amide bonds. The molecule has 0 radical (unpaired) electrons. The van der Waals surface area contributed by atoms with Crippen LogP contribution < -0.4 is 0 Å². The summed E-state index contributed by atoms with van der Waals surface area (Å²) in [5.74, 6) is -2.12. The van der Waals surface area contributed by atoms with Crippen molar-refractivity contribution in [2.75, 3.05) is 0 Å². The standard InChI is InChI=1S/C14H15BrF2/c15-12-3-1-11(2-4-12)14(16,17)13-7-5-10(9-13)6-8-13/h1-4,10H,5-9H2. The van der Waals surface area contributed by atoms with Crippen LogP contribution in [0.5, 0.6) is 0 Å². The highest BCUT2D eigenvalue weighted by atomic mass is 79.9. The van der Waals surface area contributed by atoms with Crippen molar-refractivity contribution in [3.8, 4) is 0 Å². The number of halogens is 3. The lowest BCUT2D eigenvalue weighted by molar-refractivity contribution is -0.126. The Morgan fingerprint density at radius 3 is 2.18 bits per heavy atom. The van der Waals surface area contributed by atoms with Gasteiger partial charge >= 0.3 is 0 Å². The van der Waals surface area contributed by atoms with Crippen molar-refractivity contribution in [1.82, 2.24) is 0 Å². The molecule has 92 valence electrons. The molecule has 0 nitrogen and oxygen atoms in total. The van der Waals surface area contributed by atoms with Crippen molar-refractivity contribution in [3.63, 3.8) is 0 Å². The lowest BCUT2D eigenvalue weighted by atomic mass is 9.75. The van der Waals surface area contributed by atoms with E-state index in [4.69, 9.17) is 0 Å². The fraction of sp³-hybridized carbons (Fsp3) is 0.571. The van der Waals surface area contributed by atoms with Crippen LogP contribution in [0.2, 0.25) is 0 Å². The fourth-order valence-electron chi connectivity index (χ4n) is 3.60. The Kier molecular flexibility index (Phi) is 2.58. The first-order valence-electron chi connectivity index (χ1n) is 6.17. The molecule has 2 bridgehead atoms. The Bertz CT molecular complexity index is 416. The van der Waals surface area contributed by atoms with E-state index in [1.165, 1.54) is 0 Å². The molecule has 2 aliphatic rings. The fourth-order valence-corrected chi connectivity index (χ4v) is 3.86. The normalized spacial score (nSPS) is 32.1. The smallest absolute Gasteiger partial charge is 0.201 e. The molecule has 1 aromatic carbocycles. The van der Waals surface area contributed by atoms with E-state index in [1.54, 1.807) is 24.3 Å². The van der Waals surface area contributed by atoms with Crippen LogP contribution in [-0.2, 0) is 5.92 Å². The van der Waals surface area contributed by atoms with Crippen LogP contribution >= 0.6 is 15.9 Å². The van der Waals surface area contributed by atoms with Crippen LogP contribution in [0.15, 0.2) is 28.7 Å². The Labute approximate surface area is 109 Å². The molecule has 0 aromatic heterocycles. The topological polar surface area (TPSA) is 0 Å². The molecule has 3 heteroatoms. The van der Waals surface area contributed by atoms with E-state index < -0.39 is 11.3 Å². The lowest BCUT2D eigenvalue weighted by Crippen LogP contribution is -2.35. The zero-order valence-corrected chi connectivity index (χ0v) is 11.1. The van der Waals surface area contributed by atoms with E-state index in [0.29, 0.717) is 18.8 Å². The summed E-state index contributed by atoms with van der Waals surface area (Å²) in [5, 5.41) is 0. The molecule has 2 fully saturated rings. The third-order valence-corrected chi connectivity index (χ3v) is 5.14. The van der Waals surface area contributed by atoms with Crippen molar-refractivity contribution in [2.45, 2.75) is 38.0 Å². The van der Waals surface area contributed by atoms with Crippen LogP contribution in [0.25, 0.3) is 0 Å². The highest BCUT2D eigenvalue weighted by Gasteiger charge is 2.60. The van der Waals surface area contributed by atoms with Crippen LogP contribution in [0.4, 0.5) is 8.78 Å². The number of benzene rings is 1. The summed E-state index contributed by atoms with van der Waals surface area (Å²) >= 11 is 3.29. The molecule has 17 heavy (non-hydrogen) atoms. The Balaban J connectivity index is 1.97. The molecule has 0 saturated heterocycles. The highest BCUT2D eigenvalue weighted by Crippen LogP contribution is 2.64. The maximum absolute atomic E-state index is 14.7. The molecule has 3 rings (SSSR count). The molecule has 0 N–H and O–H groups in total. The number of fused-ring (bicyclic) bond motifs is 2.